The van der Waals surface area contributed by atoms with Crippen LogP contribution < -0.4 is 0 Å². The fraction of sp³-hybridized carbons (Fsp3) is 0.529. The van der Waals surface area contributed by atoms with E-state index < -0.39 is 35.3 Å². The van der Waals surface area contributed by atoms with E-state index >= 15 is 0 Å². The molecule has 25 heavy (non-hydrogen) atoms. The second kappa shape index (κ2) is 10.0. The maximum Gasteiger partial charge on any atom is 0.432 e. The van der Waals surface area contributed by atoms with E-state index in [1.54, 1.807) is 0 Å². The van der Waals surface area contributed by atoms with Crippen LogP contribution >= 0.6 is 0 Å². The molecule has 0 aromatic rings. The minimum Gasteiger partial charge on any atom is -0.465 e. The first kappa shape index (κ1) is 22.9. The van der Waals surface area contributed by atoms with Crippen molar-refractivity contribution in [3.63, 3.8) is 0 Å². The molecule has 0 bridgehead atoms. The molecule has 0 spiro atoms. The number of carbonyl (C=O) groups excluding carboxylic acids is 4. The second-order valence-electron chi connectivity index (χ2n) is 5.52. The van der Waals surface area contributed by atoms with E-state index in [0.29, 0.717) is 0 Å². The first-order valence-electron chi connectivity index (χ1n) is 7.55. The summed E-state index contributed by atoms with van der Waals surface area (Å²) in [5, 5.41) is 0. The lowest BCUT2D eigenvalue weighted by Gasteiger charge is -2.41. The average molecular weight is 356 g/mol. The molecule has 0 heterocycles. The largest absolute Gasteiger partial charge is 0.465 e. The van der Waals surface area contributed by atoms with Crippen molar-refractivity contribution in [2.75, 3.05) is 6.61 Å². The van der Waals surface area contributed by atoms with Gasteiger partial charge in [0.05, 0.1) is 0 Å². The first-order chi connectivity index (χ1) is 11.6. The summed E-state index contributed by atoms with van der Waals surface area (Å²) in [7, 11) is 0. The number of rotatable bonds is 10. The van der Waals surface area contributed by atoms with Crippen LogP contribution in [0, 0.1) is 33.1 Å². The standard InChI is InChI=1S/C17H24O8/c1-7-12(18)22-11-16(5,6)17(23-13(19)8-2,24-14(20)9-3)25-15(21)10-4/h1-4,7-11H2,5-6H3. The van der Waals surface area contributed by atoms with Gasteiger partial charge in [0.2, 0.25) is 0 Å². The summed E-state index contributed by atoms with van der Waals surface area (Å²) in [6.45, 7) is 15.9. The van der Waals surface area contributed by atoms with Gasteiger partial charge in [0.15, 0.2) is 0 Å². The summed E-state index contributed by atoms with van der Waals surface area (Å²) in [5.41, 5.74) is -1.45. The van der Waals surface area contributed by atoms with Crippen LogP contribution in [0.1, 0.15) is 39.5 Å². The number of hydrogen-bond donors (Lipinski definition) is 0. The van der Waals surface area contributed by atoms with E-state index in [4.69, 9.17) is 18.9 Å². The van der Waals surface area contributed by atoms with Crippen molar-refractivity contribution >= 4 is 23.9 Å². The molecule has 0 fully saturated rings. The van der Waals surface area contributed by atoms with Crippen LogP contribution in [0.4, 0.5) is 0 Å². The van der Waals surface area contributed by atoms with Gasteiger partial charge in [-0.15, -0.1) is 0 Å². The molecule has 0 saturated heterocycles. The van der Waals surface area contributed by atoms with Gasteiger partial charge in [-0.2, -0.15) is 0 Å². The highest BCUT2D eigenvalue weighted by Gasteiger charge is 2.57. The Hall–Kier alpha value is -2.12. The molecule has 0 aromatic carbocycles. The second-order valence-corrected chi connectivity index (χ2v) is 5.52. The molecule has 0 amide bonds. The Labute approximate surface area is 148 Å². The summed E-state index contributed by atoms with van der Waals surface area (Å²) in [6, 6.07) is 0. The Morgan fingerprint density at radius 2 is 1.00 bits per heavy atom. The lowest BCUT2D eigenvalue weighted by atomic mass is 9.90. The van der Waals surface area contributed by atoms with Gasteiger partial charge in [-0.25, -0.2) is 0 Å². The van der Waals surface area contributed by atoms with Gasteiger partial charge in [-0.1, -0.05) is 0 Å². The third kappa shape index (κ3) is 6.72. The molecule has 8 heteroatoms. The van der Waals surface area contributed by atoms with E-state index in [1.165, 1.54) is 13.8 Å². The third-order valence-electron chi connectivity index (χ3n) is 2.98. The van der Waals surface area contributed by atoms with Gasteiger partial charge in [0.1, 0.15) is 12.0 Å². The van der Waals surface area contributed by atoms with Gasteiger partial charge < -0.3 is 18.9 Å². The lowest BCUT2D eigenvalue weighted by Crippen LogP contribution is -2.57. The predicted molar refractivity (Wildman–Crippen MR) is 85.6 cm³/mol. The highest BCUT2D eigenvalue weighted by molar-refractivity contribution is 5.74. The topological polar surface area (TPSA) is 105 Å². The third-order valence-corrected chi connectivity index (χ3v) is 2.98. The number of ether oxygens (including phenoxy) is 4. The number of carbonyl (C=O) groups is 4. The van der Waals surface area contributed by atoms with Gasteiger partial charge in [-0.05, 0) is 41.5 Å². The zero-order valence-electron chi connectivity index (χ0n) is 14.6. The van der Waals surface area contributed by atoms with Crippen molar-refractivity contribution in [1.29, 1.82) is 0 Å². The van der Waals surface area contributed by atoms with Crippen LogP contribution in [-0.4, -0.2) is 36.5 Å². The van der Waals surface area contributed by atoms with Gasteiger partial charge in [-0.3, -0.25) is 19.2 Å². The van der Waals surface area contributed by atoms with Crippen molar-refractivity contribution in [1.82, 2.24) is 0 Å². The normalized spacial score (nSPS) is 11.4. The van der Waals surface area contributed by atoms with Gasteiger partial charge in [0, 0.05) is 25.7 Å². The van der Waals surface area contributed by atoms with E-state index in [1.807, 2.05) is 0 Å². The van der Waals surface area contributed by atoms with Crippen molar-refractivity contribution in [2.24, 2.45) is 5.41 Å². The molecule has 0 aromatic heterocycles. The fourth-order valence-electron chi connectivity index (χ4n) is 1.50. The molecule has 0 atom stereocenters. The Balaban J connectivity index is 5.89. The lowest BCUT2D eigenvalue weighted by molar-refractivity contribution is -0.377. The zero-order chi connectivity index (χ0) is 19.7. The molecule has 0 saturated carbocycles. The Morgan fingerprint density at radius 1 is 0.680 bits per heavy atom. The van der Waals surface area contributed by atoms with Crippen LogP contribution in [0.2, 0.25) is 0 Å². The maximum absolute atomic E-state index is 11.8. The molecule has 0 unspecified atom stereocenters. The molecular formula is C17H24O8. The summed E-state index contributed by atoms with van der Waals surface area (Å²) < 4.78 is 20.3. The van der Waals surface area contributed by atoms with E-state index in [9.17, 15) is 19.2 Å². The molecule has 140 valence electrons. The van der Waals surface area contributed by atoms with Crippen molar-refractivity contribution in [3.05, 3.63) is 27.7 Å². The molecule has 0 aliphatic rings. The Morgan fingerprint density at radius 3 is 1.28 bits per heavy atom. The smallest absolute Gasteiger partial charge is 0.432 e. The molecule has 0 aliphatic heterocycles. The van der Waals surface area contributed by atoms with Crippen molar-refractivity contribution in [2.45, 2.75) is 45.5 Å². The molecule has 8 nitrogen and oxygen atoms in total. The van der Waals surface area contributed by atoms with Crippen LogP contribution in [0.25, 0.3) is 0 Å². The van der Waals surface area contributed by atoms with E-state index in [0.717, 1.165) is 0 Å². The van der Waals surface area contributed by atoms with Crippen LogP contribution in [0.15, 0.2) is 0 Å². The van der Waals surface area contributed by atoms with Crippen LogP contribution in [0.3, 0.4) is 0 Å². The summed E-state index contributed by atoms with van der Waals surface area (Å²) in [5.74, 6) is -5.80. The highest BCUT2D eigenvalue weighted by Crippen LogP contribution is 2.38. The molecule has 0 aliphatic carbocycles. The Bertz CT molecular complexity index is 449. The molecular weight excluding hydrogens is 332 g/mol. The average Bonchev–Trinajstić information content (AvgIpc) is 2.58. The molecule has 0 N–H and O–H groups in total. The molecule has 0 rings (SSSR count). The minimum atomic E-state index is -2.47. The summed E-state index contributed by atoms with van der Waals surface area (Å²) in [4.78, 5) is 46.8. The highest BCUT2D eigenvalue weighted by atomic mass is 16.9. The minimum absolute atomic E-state index is 0.140. The number of esters is 4. The summed E-state index contributed by atoms with van der Waals surface area (Å²) >= 11 is 0. The maximum atomic E-state index is 11.8. The van der Waals surface area contributed by atoms with Gasteiger partial charge in [0.25, 0.3) is 0 Å². The first-order valence-corrected chi connectivity index (χ1v) is 7.55. The van der Waals surface area contributed by atoms with Crippen LogP contribution in [-0.2, 0) is 38.1 Å². The quantitative estimate of drug-likeness (QED) is 0.430. The summed E-state index contributed by atoms with van der Waals surface area (Å²) in [6.07, 6.45) is -1.10. The van der Waals surface area contributed by atoms with E-state index in [2.05, 4.69) is 27.7 Å². The molecule has 4 radical (unpaired) electrons. The monoisotopic (exact) mass is 356 g/mol. The number of hydrogen-bond acceptors (Lipinski definition) is 8. The van der Waals surface area contributed by atoms with Gasteiger partial charge >= 0.3 is 29.9 Å². The Kier molecular flexibility index (Phi) is 9.16. The fourth-order valence-corrected chi connectivity index (χ4v) is 1.50. The van der Waals surface area contributed by atoms with Crippen LogP contribution in [0.5, 0.6) is 0 Å². The predicted octanol–water partition coefficient (Wildman–Crippen LogP) is 1.74. The van der Waals surface area contributed by atoms with Crippen molar-refractivity contribution < 1.29 is 38.1 Å². The zero-order valence-corrected chi connectivity index (χ0v) is 14.6. The van der Waals surface area contributed by atoms with Crippen molar-refractivity contribution in [3.8, 4) is 0 Å². The SMILES string of the molecule is [CH2]CC(=O)OCC(C)(C)C(OC(=O)C[CH2])(OC(=O)C[CH2])OC(=O)C[CH2]. The van der Waals surface area contributed by atoms with E-state index in [-0.39, 0.29) is 32.3 Å².